The molecule has 2 aromatic rings. The molecule has 104 valence electrons. The lowest BCUT2D eigenvalue weighted by atomic mass is 9.84. The van der Waals surface area contributed by atoms with E-state index in [1.165, 1.54) is 12.5 Å². The minimum atomic E-state index is -0.193. The van der Waals surface area contributed by atoms with E-state index in [0.29, 0.717) is 22.9 Å². The average Bonchev–Trinajstić information content (AvgIpc) is 2.74. The summed E-state index contributed by atoms with van der Waals surface area (Å²) in [6.45, 7) is 0. The molecule has 1 fully saturated rings. The van der Waals surface area contributed by atoms with Crippen molar-refractivity contribution >= 4 is 29.2 Å². The molecule has 0 bridgehead atoms. The van der Waals surface area contributed by atoms with Crippen molar-refractivity contribution in [3.8, 4) is 0 Å². The fraction of sp³-hybridized carbons (Fsp3) is 0.308. The van der Waals surface area contributed by atoms with E-state index in [-0.39, 0.29) is 5.56 Å². The zero-order chi connectivity index (χ0) is 13.9. The van der Waals surface area contributed by atoms with Crippen molar-refractivity contribution in [2.75, 3.05) is 10.6 Å². The summed E-state index contributed by atoms with van der Waals surface area (Å²) < 4.78 is 5.60. The number of H-pyrrole nitrogens is 1. The van der Waals surface area contributed by atoms with Crippen LogP contribution in [0.15, 0.2) is 33.6 Å². The summed E-state index contributed by atoms with van der Waals surface area (Å²) in [5.41, 5.74) is -0.193. The molecular formula is C13H14N4O2S. The van der Waals surface area contributed by atoms with E-state index in [1.807, 2.05) is 0 Å². The predicted molar refractivity (Wildman–Crippen MR) is 80.0 cm³/mol. The number of oxazole rings is 1. The van der Waals surface area contributed by atoms with Gasteiger partial charge in [-0.1, -0.05) is 12.5 Å². The summed E-state index contributed by atoms with van der Waals surface area (Å²) in [7, 11) is 0. The molecule has 0 amide bonds. The van der Waals surface area contributed by atoms with Crippen LogP contribution >= 0.6 is 12.2 Å². The van der Waals surface area contributed by atoms with Crippen molar-refractivity contribution in [3.63, 3.8) is 0 Å². The maximum absolute atomic E-state index is 11.2. The van der Waals surface area contributed by atoms with Gasteiger partial charge in [0.25, 0.3) is 0 Å². The highest BCUT2D eigenvalue weighted by Gasteiger charge is 2.23. The van der Waals surface area contributed by atoms with Gasteiger partial charge < -0.3 is 14.7 Å². The van der Waals surface area contributed by atoms with E-state index in [1.54, 1.807) is 18.3 Å². The van der Waals surface area contributed by atoms with Crippen molar-refractivity contribution in [2.24, 2.45) is 0 Å². The van der Waals surface area contributed by atoms with Crippen LogP contribution in [0.5, 0.6) is 0 Å². The second kappa shape index (κ2) is 5.46. The first kappa shape index (κ1) is 12.9. The number of rotatable bonds is 3. The van der Waals surface area contributed by atoms with Crippen LogP contribution in [-0.2, 0) is 0 Å². The Balaban J connectivity index is 1.61. The van der Waals surface area contributed by atoms with E-state index >= 15 is 0 Å². The number of aromatic amines is 1. The van der Waals surface area contributed by atoms with Crippen LogP contribution in [-0.4, -0.2) is 15.1 Å². The van der Waals surface area contributed by atoms with Gasteiger partial charge in [0.05, 0.1) is 6.20 Å². The average molecular weight is 290 g/mol. The number of hydrogen-bond donors (Lipinski definition) is 3. The van der Waals surface area contributed by atoms with Crippen LogP contribution in [0.4, 0.5) is 11.8 Å². The molecule has 7 heteroatoms. The smallest absolute Gasteiger partial charge is 0.301 e. The molecule has 3 N–H and O–H groups in total. The SMILES string of the molecule is O=c1cccc(NC(=S)Nc2ncc(C3CCC3)o2)[nH]1. The van der Waals surface area contributed by atoms with Crippen molar-refractivity contribution in [2.45, 2.75) is 25.2 Å². The Morgan fingerprint density at radius 1 is 1.40 bits per heavy atom. The van der Waals surface area contributed by atoms with Gasteiger partial charge in [-0.3, -0.25) is 10.1 Å². The lowest BCUT2D eigenvalue weighted by molar-refractivity contribution is 0.351. The van der Waals surface area contributed by atoms with Crippen LogP contribution in [0.1, 0.15) is 30.9 Å². The molecule has 0 aliphatic heterocycles. The lowest BCUT2D eigenvalue weighted by Gasteiger charge is -2.22. The number of anilines is 2. The minimum Gasteiger partial charge on any atom is -0.428 e. The van der Waals surface area contributed by atoms with Crippen LogP contribution < -0.4 is 16.2 Å². The molecule has 0 unspecified atom stereocenters. The lowest BCUT2D eigenvalue weighted by Crippen LogP contribution is -2.21. The Morgan fingerprint density at radius 2 is 2.25 bits per heavy atom. The van der Waals surface area contributed by atoms with Gasteiger partial charge in [-0.15, -0.1) is 0 Å². The summed E-state index contributed by atoms with van der Waals surface area (Å²) in [5, 5.41) is 6.03. The third-order valence-electron chi connectivity index (χ3n) is 3.27. The first-order chi connectivity index (χ1) is 9.70. The van der Waals surface area contributed by atoms with E-state index in [9.17, 15) is 4.79 Å². The number of nitrogens with one attached hydrogen (secondary N) is 3. The normalized spacial score (nSPS) is 14.6. The van der Waals surface area contributed by atoms with Crippen LogP contribution in [0.2, 0.25) is 0 Å². The number of pyridine rings is 1. The van der Waals surface area contributed by atoms with Gasteiger partial charge in [-0.25, -0.2) is 4.98 Å². The molecule has 3 rings (SSSR count). The Kier molecular flexibility index (Phi) is 3.51. The molecule has 1 aliphatic rings. The molecule has 0 aromatic carbocycles. The molecule has 1 saturated carbocycles. The van der Waals surface area contributed by atoms with E-state index in [4.69, 9.17) is 16.6 Å². The molecule has 6 nitrogen and oxygen atoms in total. The zero-order valence-electron chi connectivity index (χ0n) is 10.7. The summed E-state index contributed by atoms with van der Waals surface area (Å²) in [6, 6.07) is 5.15. The number of aromatic nitrogens is 2. The van der Waals surface area contributed by atoms with Crippen LogP contribution in [0.3, 0.4) is 0 Å². The molecule has 2 aromatic heterocycles. The number of hydrogen-bond acceptors (Lipinski definition) is 4. The van der Waals surface area contributed by atoms with E-state index < -0.39 is 0 Å². The molecular weight excluding hydrogens is 276 g/mol. The summed E-state index contributed by atoms with van der Waals surface area (Å²) >= 11 is 5.13. The van der Waals surface area contributed by atoms with Gasteiger partial charge in [-0.2, -0.15) is 0 Å². The van der Waals surface area contributed by atoms with Gasteiger partial charge in [0.1, 0.15) is 11.6 Å². The van der Waals surface area contributed by atoms with Gasteiger partial charge in [0.15, 0.2) is 5.11 Å². The monoisotopic (exact) mass is 290 g/mol. The largest absolute Gasteiger partial charge is 0.428 e. The third kappa shape index (κ3) is 2.88. The zero-order valence-corrected chi connectivity index (χ0v) is 11.5. The van der Waals surface area contributed by atoms with Crippen molar-refractivity contribution < 1.29 is 4.42 Å². The molecule has 20 heavy (non-hydrogen) atoms. The minimum absolute atomic E-state index is 0.193. The molecule has 0 spiro atoms. The van der Waals surface area contributed by atoms with Gasteiger partial charge in [-0.05, 0) is 31.1 Å². The van der Waals surface area contributed by atoms with Crippen molar-refractivity contribution in [1.29, 1.82) is 0 Å². The fourth-order valence-corrected chi connectivity index (χ4v) is 2.19. The Morgan fingerprint density at radius 3 is 2.95 bits per heavy atom. The quantitative estimate of drug-likeness (QED) is 0.753. The standard InChI is InChI=1S/C13H14N4O2S/c18-11-6-2-5-10(15-11)16-13(20)17-12-14-7-9(19-12)8-3-1-4-8/h2,5-8H,1,3-4H2,(H3,14,15,16,17,18,20). The number of nitrogens with zero attached hydrogens (tertiary/aromatic N) is 1. The summed E-state index contributed by atoms with van der Waals surface area (Å²) in [5.74, 6) is 1.90. The third-order valence-corrected chi connectivity index (χ3v) is 3.47. The summed E-state index contributed by atoms with van der Waals surface area (Å²) in [4.78, 5) is 17.9. The first-order valence-electron chi connectivity index (χ1n) is 6.44. The van der Waals surface area contributed by atoms with Gasteiger partial charge in [0.2, 0.25) is 5.56 Å². The highest BCUT2D eigenvalue weighted by atomic mass is 32.1. The second-order valence-corrected chi connectivity index (χ2v) is 5.11. The maximum atomic E-state index is 11.2. The Hall–Kier alpha value is -2.15. The molecule has 1 aliphatic carbocycles. The number of thiocarbonyl (C=S) groups is 1. The van der Waals surface area contributed by atoms with Crippen LogP contribution in [0, 0.1) is 0 Å². The van der Waals surface area contributed by atoms with Gasteiger partial charge >= 0.3 is 6.01 Å². The topological polar surface area (TPSA) is 82.9 Å². The van der Waals surface area contributed by atoms with Crippen molar-refractivity contribution in [1.82, 2.24) is 9.97 Å². The second-order valence-electron chi connectivity index (χ2n) is 4.70. The molecule has 0 saturated heterocycles. The fourth-order valence-electron chi connectivity index (χ4n) is 2.00. The Bertz CT molecular complexity index is 675. The molecule has 0 radical (unpaired) electrons. The Labute approximate surface area is 120 Å². The molecule has 0 atom stereocenters. The van der Waals surface area contributed by atoms with Gasteiger partial charge in [0, 0.05) is 12.0 Å². The highest BCUT2D eigenvalue weighted by molar-refractivity contribution is 7.80. The highest BCUT2D eigenvalue weighted by Crippen LogP contribution is 2.37. The maximum Gasteiger partial charge on any atom is 0.301 e. The van der Waals surface area contributed by atoms with Crippen LogP contribution in [0.25, 0.3) is 0 Å². The van der Waals surface area contributed by atoms with E-state index in [2.05, 4.69) is 20.6 Å². The van der Waals surface area contributed by atoms with Crippen molar-refractivity contribution in [3.05, 3.63) is 40.5 Å². The predicted octanol–water partition coefficient (Wildman–Crippen LogP) is 2.44. The van der Waals surface area contributed by atoms with E-state index in [0.717, 1.165) is 18.6 Å². The summed E-state index contributed by atoms with van der Waals surface area (Å²) in [6.07, 6.45) is 5.29. The first-order valence-corrected chi connectivity index (χ1v) is 6.84. The molecule has 2 heterocycles.